The molecule has 17 heavy (non-hydrogen) atoms. The van der Waals surface area contributed by atoms with Crippen LogP contribution in [0.1, 0.15) is 18.2 Å². The number of ether oxygens (including phenoxy) is 2. The van der Waals surface area contributed by atoms with Gasteiger partial charge >= 0.3 is 5.97 Å². The first-order chi connectivity index (χ1) is 8.10. The fourth-order valence-corrected chi connectivity index (χ4v) is 1.64. The number of esters is 1. The van der Waals surface area contributed by atoms with Gasteiger partial charge in [0.25, 0.3) is 0 Å². The lowest BCUT2D eigenvalue weighted by Gasteiger charge is -2.06. The van der Waals surface area contributed by atoms with Crippen molar-refractivity contribution in [1.82, 2.24) is 15.1 Å². The highest BCUT2D eigenvalue weighted by atomic mass is 16.5. The maximum absolute atomic E-state index is 11.1. The van der Waals surface area contributed by atoms with E-state index in [0.29, 0.717) is 19.0 Å². The van der Waals surface area contributed by atoms with E-state index in [2.05, 4.69) is 10.4 Å². The molecule has 1 aromatic rings. The van der Waals surface area contributed by atoms with E-state index >= 15 is 0 Å². The summed E-state index contributed by atoms with van der Waals surface area (Å²) in [6, 6.07) is 0. The van der Waals surface area contributed by atoms with Crippen LogP contribution in [0.2, 0.25) is 0 Å². The smallest absolute Gasteiger partial charge is 0.319 e. The number of hydrogen-bond donors (Lipinski definition) is 1. The van der Waals surface area contributed by atoms with Gasteiger partial charge in [0.1, 0.15) is 0 Å². The molecule has 1 heterocycles. The van der Waals surface area contributed by atoms with Crippen LogP contribution in [0.3, 0.4) is 0 Å². The van der Waals surface area contributed by atoms with Crippen LogP contribution in [0.5, 0.6) is 5.88 Å². The minimum Gasteiger partial charge on any atom is -0.481 e. The van der Waals surface area contributed by atoms with Crippen molar-refractivity contribution < 1.29 is 14.3 Å². The minimum absolute atomic E-state index is 0.186. The molecule has 1 N–H and O–H groups in total. The monoisotopic (exact) mass is 241 g/mol. The van der Waals surface area contributed by atoms with E-state index in [-0.39, 0.29) is 12.5 Å². The predicted octanol–water partition coefficient (Wildman–Crippen LogP) is 0.390. The van der Waals surface area contributed by atoms with Crippen LogP contribution in [0.4, 0.5) is 0 Å². The molecule has 0 aliphatic rings. The molecule has 1 aromatic heterocycles. The Bertz CT molecular complexity index is 388. The molecule has 0 amide bonds. The second-order valence-corrected chi connectivity index (χ2v) is 3.61. The van der Waals surface area contributed by atoms with E-state index in [9.17, 15) is 4.79 Å². The van der Waals surface area contributed by atoms with Gasteiger partial charge in [-0.2, -0.15) is 5.10 Å². The fraction of sp³-hybridized carbons (Fsp3) is 0.636. The summed E-state index contributed by atoms with van der Waals surface area (Å²) in [4.78, 5) is 11.1. The summed E-state index contributed by atoms with van der Waals surface area (Å²) < 4.78 is 11.7. The number of carbonyl (C=O) groups is 1. The van der Waals surface area contributed by atoms with Crippen molar-refractivity contribution in [1.29, 1.82) is 0 Å². The lowest BCUT2D eigenvalue weighted by molar-refractivity contribution is -0.142. The molecule has 0 aliphatic carbocycles. The average molecular weight is 241 g/mol. The Morgan fingerprint density at radius 1 is 1.53 bits per heavy atom. The molecule has 0 atom stereocenters. The lowest BCUT2D eigenvalue weighted by atomic mass is 10.2. The Balaban J connectivity index is 2.54. The molecule has 1 rings (SSSR count). The van der Waals surface area contributed by atoms with Crippen LogP contribution < -0.4 is 10.1 Å². The van der Waals surface area contributed by atoms with Gasteiger partial charge in [-0.3, -0.25) is 4.79 Å². The second kappa shape index (κ2) is 6.24. The van der Waals surface area contributed by atoms with Crippen LogP contribution in [0, 0.1) is 6.92 Å². The van der Waals surface area contributed by atoms with Gasteiger partial charge in [-0.1, -0.05) is 0 Å². The van der Waals surface area contributed by atoms with Gasteiger partial charge in [0.15, 0.2) is 0 Å². The molecule has 0 spiro atoms. The van der Waals surface area contributed by atoms with E-state index < -0.39 is 0 Å². The van der Waals surface area contributed by atoms with Gasteiger partial charge in [-0.25, -0.2) is 4.68 Å². The standard InChI is InChI=1S/C11H19N3O3/c1-5-17-10(15)7-12-6-9-8(2)13-14(3)11(9)16-4/h12H,5-7H2,1-4H3. The molecule has 96 valence electrons. The van der Waals surface area contributed by atoms with Crippen molar-refractivity contribution in [2.75, 3.05) is 20.3 Å². The molecular weight excluding hydrogens is 222 g/mol. The van der Waals surface area contributed by atoms with Gasteiger partial charge in [0.05, 0.1) is 31.5 Å². The molecule has 0 fully saturated rings. The Labute approximate surface area is 101 Å². The number of aryl methyl sites for hydroxylation is 2. The third-order valence-electron chi connectivity index (χ3n) is 2.36. The molecule has 0 radical (unpaired) electrons. The van der Waals surface area contributed by atoms with E-state index in [0.717, 1.165) is 11.3 Å². The Morgan fingerprint density at radius 2 is 2.24 bits per heavy atom. The number of hydrogen-bond acceptors (Lipinski definition) is 5. The third-order valence-corrected chi connectivity index (χ3v) is 2.36. The van der Waals surface area contributed by atoms with Crippen molar-refractivity contribution >= 4 is 5.97 Å². The number of nitrogens with zero attached hydrogens (tertiary/aromatic N) is 2. The summed E-state index contributed by atoms with van der Waals surface area (Å²) in [7, 11) is 3.42. The minimum atomic E-state index is -0.256. The maximum Gasteiger partial charge on any atom is 0.319 e. The van der Waals surface area contributed by atoms with E-state index in [1.165, 1.54) is 0 Å². The number of rotatable bonds is 6. The highest BCUT2D eigenvalue weighted by molar-refractivity contribution is 5.71. The molecule has 0 saturated heterocycles. The zero-order chi connectivity index (χ0) is 12.8. The Hall–Kier alpha value is -1.56. The largest absolute Gasteiger partial charge is 0.481 e. The summed E-state index contributed by atoms with van der Waals surface area (Å²) in [6.45, 7) is 4.80. The molecule has 6 heteroatoms. The number of aromatic nitrogens is 2. The van der Waals surface area contributed by atoms with Crippen molar-refractivity contribution in [3.63, 3.8) is 0 Å². The van der Waals surface area contributed by atoms with Crippen LogP contribution in [-0.4, -0.2) is 36.0 Å². The van der Waals surface area contributed by atoms with Gasteiger partial charge in [0, 0.05) is 13.6 Å². The molecule has 0 aromatic carbocycles. The third kappa shape index (κ3) is 3.45. The zero-order valence-electron chi connectivity index (χ0n) is 10.7. The summed E-state index contributed by atoms with van der Waals surface area (Å²) in [6.07, 6.45) is 0. The van der Waals surface area contributed by atoms with Crippen molar-refractivity contribution in [3.8, 4) is 5.88 Å². The zero-order valence-corrected chi connectivity index (χ0v) is 10.7. The van der Waals surface area contributed by atoms with Crippen LogP contribution in [0.15, 0.2) is 0 Å². The molecule has 0 unspecified atom stereocenters. The maximum atomic E-state index is 11.1. The first-order valence-electron chi connectivity index (χ1n) is 5.53. The molecular formula is C11H19N3O3. The summed E-state index contributed by atoms with van der Waals surface area (Å²) in [5.41, 5.74) is 1.85. The first kappa shape index (κ1) is 13.5. The highest BCUT2D eigenvalue weighted by Gasteiger charge is 2.13. The first-order valence-corrected chi connectivity index (χ1v) is 5.53. The fourth-order valence-electron chi connectivity index (χ4n) is 1.64. The van der Waals surface area contributed by atoms with Crippen LogP contribution in [0.25, 0.3) is 0 Å². The Kier molecular flexibility index (Phi) is 4.96. The van der Waals surface area contributed by atoms with Gasteiger partial charge in [0.2, 0.25) is 5.88 Å². The average Bonchev–Trinajstić information content (AvgIpc) is 2.54. The van der Waals surface area contributed by atoms with Crippen molar-refractivity contribution in [3.05, 3.63) is 11.3 Å². The van der Waals surface area contributed by atoms with Gasteiger partial charge in [-0.05, 0) is 13.8 Å². The summed E-state index contributed by atoms with van der Waals surface area (Å²) in [5, 5.41) is 7.26. The summed E-state index contributed by atoms with van der Waals surface area (Å²) >= 11 is 0. The number of nitrogens with one attached hydrogen (secondary N) is 1. The number of carbonyl (C=O) groups excluding carboxylic acids is 1. The van der Waals surface area contributed by atoms with E-state index in [1.807, 2.05) is 14.0 Å². The van der Waals surface area contributed by atoms with Gasteiger partial charge < -0.3 is 14.8 Å². The van der Waals surface area contributed by atoms with Gasteiger partial charge in [-0.15, -0.1) is 0 Å². The van der Waals surface area contributed by atoms with Crippen molar-refractivity contribution in [2.45, 2.75) is 20.4 Å². The SMILES string of the molecule is CCOC(=O)CNCc1c(C)nn(C)c1OC. The number of methoxy groups -OCH3 is 1. The van der Waals surface area contributed by atoms with Crippen molar-refractivity contribution in [2.24, 2.45) is 7.05 Å². The van der Waals surface area contributed by atoms with E-state index in [1.54, 1.807) is 18.7 Å². The molecule has 0 aliphatic heterocycles. The quantitative estimate of drug-likeness (QED) is 0.730. The van der Waals surface area contributed by atoms with E-state index in [4.69, 9.17) is 9.47 Å². The lowest BCUT2D eigenvalue weighted by Crippen LogP contribution is -2.24. The molecule has 0 bridgehead atoms. The van der Waals surface area contributed by atoms with Crippen LogP contribution in [-0.2, 0) is 23.1 Å². The summed E-state index contributed by atoms with van der Waals surface area (Å²) in [5.74, 6) is 0.451. The topological polar surface area (TPSA) is 65.4 Å². The predicted molar refractivity (Wildman–Crippen MR) is 62.8 cm³/mol. The molecule has 0 saturated carbocycles. The second-order valence-electron chi connectivity index (χ2n) is 3.61. The molecule has 6 nitrogen and oxygen atoms in total. The van der Waals surface area contributed by atoms with Crippen LogP contribution >= 0.6 is 0 Å². The normalized spacial score (nSPS) is 10.4. The highest BCUT2D eigenvalue weighted by Crippen LogP contribution is 2.20. The Morgan fingerprint density at radius 3 is 2.82 bits per heavy atom.